The summed E-state index contributed by atoms with van der Waals surface area (Å²) < 4.78 is 33.5. The molecule has 0 fully saturated rings. The third-order valence-corrected chi connectivity index (χ3v) is 5.16. The molecule has 1 heterocycles. The minimum atomic E-state index is -3.10. The minimum Gasteiger partial charge on any atom is -0.496 e. The number of nitrogens with one attached hydrogen (secondary N) is 3. The highest BCUT2D eigenvalue weighted by atomic mass is 19.3. The van der Waals surface area contributed by atoms with Crippen LogP contribution in [0.1, 0.15) is 19.4 Å². The number of carbonyl (C=O) groups excluding carboxylic acids is 2. The Balaban J connectivity index is 1.83. The van der Waals surface area contributed by atoms with Gasteiger partial charge in [-0.15, -0.1) is 0 Å². The van der Waals surface area contributed by atoms with E-state index in [9.17, 15) is 23.6 Å². The highest BCUT2D eigenvalue weighted by molar-refractivity contribution is 6.24. The van der Waals surface area contributed by atoms with E-state index in [2.05, 4.69) is 10.6 Å². The number of carbonyl (C=O) groups is 2. The van der Waals surface area contributed by atoms with Gasteiger partial charge in [0.15, 0.2) is 5.92 Å². The zero-order valence-electron chi connectivity index (χ0n) is 19.3. The molecule has 0 spiro atoms. The molecule has 182 valence electrons. The molecule has 2 amide bonds. The maximum Gasteiger partial charge on any atom is 0.270 e. The number of methoxy groups -OCH3 is 1. The van der Waals surface area contributed by atoms with Crippen LogP contribution in [-0.4, -0.2) is 29.8 Å². The van der Waals surface area contributed by atoms with Gasteiger partial charge in [-0.25, -0.2) is 8.78 Å². The lowest BCUT2D eigenvalue weighted by Gasteiger charge is -2.18. The summed E-state index contributed by atoms with van der Waals surface area (Å²) in [6.07, 6.45) is 2.89. The number of rotatable bonds is 8. The third-order valence-electron chi connectivity index (χ3n) is 5.16. The molecule has 1 atom stereocenters. The van der Waals surface area contributed by atoms with Crippen molar-refractivity contribution in [1.82, 2.24) is 0 Å². The maximum atomic E-state index is 13.6. The summed E-state index contributed by atoms with van der Waals surface area (Å²) in [7, 11) is 1.48. The number of halogens is 2. The van der Waals surface area contributed by atoms with Gasteiger partial charge in [0.1, 0.15) is 5.75 Å². The van der Waals surface area contributed by atoms with Crippen LogP contribution in [0.25, 0.3) is 11.1 Å². The molecule has 0 aliphatic rings. The third kappa shape index (κ3) is 6.17. The van der Waals surface area contributed by atoms with Crippen molar-refractivity contribution in [3.8, 4) is 16.9 Å². The molecule has 10 heteroatoms. The van der Waals surface area contributed by atoms with Crippen LogP contribution in [-0.2, 0) is 15.5 Å². The van der Waals surface area contributed by atoms with E-state index in [4.69, 9.17) is 10.1 Å². The van der Waals surface area contributed by atoms with Gasteiger partial charge < -0.3 is 20.8 Å². The topological polar surface area (TPSA) is 115 Å². The van der Waals surface area contributed by atoms with Crippen LogP contribution in [0, 0.1) is 11.3 Å². The summed E-state index contributed by atoms with van der Waals surface area (Å²) in [5, 5.41) is 22.7. The smallest absolute Gasteiger partial charge is 0.270 e. The van der Waals surface area contributed by atoms with E-state index in [1.807, 2.05) is 0 Å². The number of pyridine rings is 1. The number of aromatic nitrogens is 1. The Labute approximate surface area is 200 Å². The number of hydrogen-bond acceptors (Lipinski definition) is 5. The maximum absolute atomic E-state index is 13.6. The molecule has 0 saturated heterocycles. The van der Waals surface area contributed by atoms with Gasteiger partial charge in [0, 0.05) is 45.9 Å². The Bertz CT molecular complexity index is 1270. The summed E-state index contributed by atoms with van der Waals surface area (Å²) in [4.78, 5) is 25.8. The first-order chi connectivity index (χ1) is 16.5. The molecule has 8 nitrogen and oxygen atoms in total. The van der Waals surface area contributed by atoms with Crippen molar-refractivity contribution >= 4 is 28.9 Å². The number of anilines is 2. The summed E-state index contributed by atoms with van der Waals surface area (Å²) in [6.45, 7) is 2.05. The summed E-state index contributed by atoms with van der Waals surface area (Å²) in [6, 6.07) is 13.3. The van der Waals surface area contributed by atoms with Gasteiger partial charge in [-0.3, -0.25) is 14.8 Å². The Morgan fingerprint density at radius 2 is 1.71 bits per heavy atom. The van der Waals surface area contributed by atoms with Crippen molar-refractivity contribution in [2.45, 2.75) is 19.8 Å². The van der Waals surface area contributed by atoms with Crippen LogP contribution in [0.4, 0.5) is 20.2 Å². The second kappa shape index (κ2) is 10.3. The number of alkyl halides is 2. The average molecular weight is 483 g/mol. The standard InChI is InChI=1S/C25H24F2N4O4/c1-15(28)22(23(32)29-18-8-4-7-17(12-18)25(2,26)27)24(33)30-19-9-10-21(35-3)20(13-19)16-6-5-11-31(34)14-16/h4-14,22,28H,1-3H3,(H2-,29,30,32,33,34)/p+1. The molecule has 3 aromatic rings. The zero-order valence-corrected chi connectivity index (χ0v) is 19.3. The molecular formula is C25H25F2N4O4+. The van der Waals surface area contributed by atoms with Gasteiger partial charge in [0.25, 0.3) is 5.92 Å². The highest BCUT2D eigenvalue weighted by Crippen LogP contribution is 2.32. The molecule has 1 unspecified atom stereocenters. The normalized spacial score (nSPS) is 11.9. The average Bonchev–Trinajstić information content (AvgIpc) is 2.78. The Morgan fingerprint density at radius 3 is 2.29 bits per heavy atom. The molecule has 0 saturated carbocycles. The number of ether oxygens (including phenoxy) is 1. The van der Waals surface area contributed by atoms with Crippen LogP contribution >= 0.6 is 0 Å². The van der Waals surface area contributed by atoms with E-state index < -0.39 is 23.7 Å². The Hall–Kier alpha value is -4.34. The van der Waals surface area contributed by atoms with Crippen molar-refractivity contribution < 1.29 is 33.0 Å². The van der Waals surface area contributed by atoms with Crippen LogP contribution in [0.15, 0.2) is 67.0 Å². The largest absolute Gasteiger partial charge is 0.496 e. The van der Waals surface area contributed by atoms with E-state index in [1.54, 1.807) is 30.3 Å². The Kier molecular flexibility index (Phi) is 7.43. The van der Waals surface area contributed by atoms with E-state index in [0.29, 0.717) is 22.6 Å². The first-order valence-electron chi connectivity index (χ1n) is 10.5. The molecule has 0 aliphatic carbocycles. The second-order valence-electron chi connectivity index (χ2n) is 7.95. The van der Waals surface area contributed by atoms with Crippen LogP contribution in [0.2, 0.25) is 0 Å². The van der Waals surface area contributed by atoms with Gasteiger partial charge >= 0.3 is 0 Å². The second-order valence-corrected chi connectivity index (χ2v) is 7.95. The van der Waals surface area contributed by atoms with Crippen LogP contribution < -0.4 is 20.1 Å². The van der Waals surface area contributed by atoms with Gasteiger partial charge in [-0.2, -0.15) is 0 Å². The molecule has 2 aromatic carbocycles. The van der Waals surface area contributed by atoms with Gasteiger partial charge in [0.2, 0.25) is 24.2 Å². The first kappa shape index (κ1) is 25.3. The fourth-order valence-corrected chi connectivity index (χ4v) is 3.45. The predicted molar refractivity (Wildman–Crippen MR) is 126 cm³/mol. The number of hydrogen-bond donors (Lipinski definition) is 4. The molecule has 0 bridgehead atoms. The van der Waals surface area contributed by atoms with Gasteiger partial charge in [-0.1, -0.05) is 12.1 Å². The highest BCUT2D eigenvalue weighted by Gasteiger charge is 2.30. The number of benzene rings is 2. The SMILES string of the molecule is COc1ccc(NC(=O)C(C(C)=N)C(=O)Nc2cccc(C(C)(F)F)c2)cc1-c1ccc[n+](O)c1. The fourth-order valence-electron chi connectivity index (χ4n) is 3.45. The molecule has 1 aromatic heterocycles. The van der Waals surface area contributed by atoms with Crippen molar-refractivity contribution in [1.29, 1.82) is 5.41 Å². The molecule has 4 N–H and O–H groups in total. The van der Waals surface area contributed by atoms with E-state index >= 15 is 0 Å². The van der Waals surface area contributed by atoms with E-state index in [-0.39, 0.29) is 17.0 Å². The number of nitrogens with zero attached hydrogens (tertiary/aromatic N) is 1. The first-order valence-corrected chi connectivity index (χ1v) is 10.5. The van der Waals surface area contributed by atoms with Gasteiger partial charge in [0.05, 0.1) is 12.7 Å². The number of amides is 2. The molecule has 0 radical (unpaired) electrons. The predicted octanol–water partition coefficient (Wildman–Crippen LogP) is 4.23. The van der Waals surface area contributed by atoms with E-state index in [0.717, 1.165) is 17.7 Å². The Morgan fingerprint density at radius 1 is 1.06 bits per heavy atom. The molecule has 35 heavy (non-hydrogen) atoms. The lowest BCUT2D eigenvalue weighted by molar-refractivity contribution is -0.904. The zero-order chi connectivity index (χ0) is 25.8. The summed E-state index contributed by atoms with van der Waals surface area (Å²) in [5.74, 6) is -5.71. The van der Waals surface area contributed by atoms with Crippen molar-refractivity contribution in [2.24, 2.45) is 5.92 Å². The fraction of sp³-hybridized carbons (Fsp3) is 0.200. The quantitative estimate of drug-likeness (QED) is 0.166. The molecule has 3 rings (SSSR count). The molecule has 0 aliphatic heterocycles. The minimum absolute atomic E-state index is 0.0844. The lowest BCUT2D eigenvalue weighted by atomic mass is 10.0. The van der Waals surface area contributed by atoms with Crippen LogP contribution in [0.3, 0.4) is 0 Å². The molecular weight excluding hydrogens is 458 g/mol. The van der Waals surface area contributed by atoms with E-state index in [1.165, 1.54) is 44.6 Å². The lowest BCUT2D eigenvalue weighted by Crippen LogP contribution is -2.38. The summed E-state index contributed by atoms with van der Waals surface area (Å²) >= 11 is 0. The van der Waals surface area contributed by atoms with Crippen LogP contribution in [0.5, 0.6) is 5.75 Å². The monoisotopic (exact) mass is 483 g/mol. The summed E-state index contributed by atoms with van der Waals surface area (Å²) in [5.41, 5.74) is 1.06. The van der Waals surface area contributed by atoms with Crippen molar-refractivity contribution in [2.75, 3.05) is 17.7 Å². The van der Waals surface area contributed by atoms with Gasteiger partial charge in [-0.05, 0) is 43.3 Å². The van der Waals surface area contributed by atoms with Crippen molar-refractivity contribution in [3.63, 3.8) is 0 Å². The van der Waals surface area contributed by atoms with Crippen molar-refractivity contribution in [3.05, 3.63) is 72.6 Å².